The zero-order valence-electron chi connectivity index (χ0n) is 14.8. The highest BCUT2D eigenvalue weighted by Crippen LogP contribution is 2.21. The Kier molecular flexibility index (Phi) is 5.06. The highest BCUT2D eigenvalue weighted by Gasteiger charge is 2.18. The fraction of sp³-hybridized carbons (Fsp3) is 0.333. The summed E-state index contributed by atoms with van der Waals surface area (Å²) in [7, 11) is 5.64. The summed E-state index contributed by atoms with van der Waals surface area (Å²) < 4.78 is 7.09. The van der Waals surface area contributed by atoms with Crippen LogP contribution in [0.2, 0.25) is 0 Å². The zero-order chi connectivity index (χ0) is 18.0. The fourth-order valence-electron chi connectivity index (χ4n) is 2.72. The van der Waals surface area contributed by atoms with Crippen molar-refractivity contribution < 1.29 is 9.53 Å². The number of thiazole rings is 1. The second-order valence-electron chi connectivity index (χ2n) is 6.12. The molecule has 1 aromatic carbocycles. The molecule has 0 saturated carbocycles. The summed E-state index contributed by atoms with van der Waals surface area (Å²) in [6.07, 6.45) is 3.75. The number of benzene rings is 1. The van der Waals surface area contributed by atoms with Gasteiger partial charge in [-0.1, -0.05) is 12.1 Å². The number of aryl methyl sites for hydroxylation is 1. The minimum atomic E-state index is -0.158. The summed E-state index contributed by atoms with van der Waals surface area (Å²) in [6.45, 7) is 2.53. The molecule has 1 atom stereocenters. The van der Waals surface area contributed by atoms with E-state index in [1.165, 1.54) is 4.88 Å². The van der Waals surface area contributed by atoms with Gasteiger partial charge in [0.2, 0.25) is 0 Å². The van der Waals surface area contributed by atoms with Crippen LogP contribution in [0.15, 0.2) is 36.7 Å². The Morgan fingerprint density at radius 3 is 2.64 bits per heavy atom. The van der Waals surface area contributed by atoms with E-state index in [0.29, 0.717) is 12.2 Å². The lowest BCUT2D eigenvalue weighted by Gasteiger charge is -2.25. The first-order valence-corrected chi connectivity index (χ1v) is 8.83. The lowest BCUT2D eigenvalue weighted by atomic mass is 10.1. The molecule has 0 aliphatic carbocycles. The number of likely N-dealkylation sites (N-methyl/N-ethyl adjacent to an activating group) is 1. The Morgan fingerprint density at radius 2 is 2.04 bits per heavy atom. The predicted molar refractivity (Wildman–Crippen MR) is 99.6 cm³/mol. The maximum absolute atomic E-state index is 12.4. The van der Waals surface area contributed by atoms with E-state index in [0.717, 1.165) is 16.3 Å². The van der Waals surface area contributed by atoms with Gasteiger partial charge in [-0.3, -0.25) is 9.20 Å². The Labute approximate surface area is 151 Å². The molecule has 25 heavy (non-hydrogen) atoms. The van der Waals surface area contributed by atoms with Crippen LogP contribution in [0.5, 0.6) is 5.75 Å². The van der Waals surface area contributed by atoms with Crippen LogP contribution in [0.4, 0.5) is 0 Å². The third-order valence-corrected chi connectivity index (χ3v) is 5.00. The highest BCUT2D eigenvalue weighted by atomic mass is 32.1. The maximum Gasteiger partial charge on any atom is 0.271 e. The Morgan fingerprint density at radius 1 is 1.32 bits per heavy atom. The molecule has 0 aliphatic rings. The van der Waals surface area contributed by atoms with Gasteiger partial charge in [-0.05, 0) is 38.7 Å². The summed E-state index contributed by atoms with van der Waals surface area (Å²) in [6, 6.07) is 7.97. The normalized spacial score (nSPS) is 12.5. The van der Waals surface area contributed by atoms with E-state index in [4.69, 9.17) is 4.74 Å². The largest absolute Gasteiger partial charge is 0.497 e. The number of carbonyl (C=O) groups is 1. The Bertz CT molecular complexity index is 835. The highest BCUT2D eigenvalue weighted by molar-refractivity contribution is 7.17. The van der Waals surface area contributed by atoms with E-state index in [1.807, 2.05) is 55.9 Å². The number of nitrogens with one attached hydrogen (secondary N) is 1. The van der Waals surface area contributed by atoms with Crippen molar-refractivity contribution in [1.29, 1.82) is 0 Å². The summed E-state index contributed by atoms with van der Waals surface area (Å²) >= 11 is 1.57. The lowest BCUT2D eigenvalue weighted by Crippen LogP contribution is -2.34. The minimum Gasteiger partial charge on any atom is -0.497 e. The number of amides is 1. The molecule has 0 aliphatic heterocycles. The Balaban J connectivity index is 1.69. The number of hydrogen-bond acceptors (Lipinski definition) is 5. The van der Waals surface area contributed by atoms with Crippen LogP contribution in [-0.4, -0.2) is 47.9 Å². The lowest BCUT2D eigenvalue weighted by molar-refractivity contribution is 0.0937. The van der Waals surface area contributed by atoms with E-state index >= 15 is 0 Å². The second-order valence-corrected chi connectivity index (χ2v) is 7.33. The number of rotatable bonds is 6. The van der Waals surface area contributed by atoms with Crippen molar-refractivity contribution in [1.82, 2.24) is 19.6 Å². The minimum absolute atomic E-state index is 0.0702. The molecule has 2 aromatic heterocycles. The van der Waals surface area contributed by atoms with Crippen molar-refractivity contribution >= 4 is 22.2 Å². The zero-order valence-corrected chi connectivity index (χ0v) is 15.6. The number of carbonyl (C=O) groups excluding carboxylic acids is 1. The molecule has 1 amide bonds. The first-order valence-electron chi connectivity index (χ1n) is 8.01. The summed E-state index contributed by atoms with van der Waals surface area (Å²) in [4.78, 5) is 20.9. The van der Waals surface area contributed by atoms with Gasteiger partial charge in [0.1, 0.15) is 11.4 Å². The number of fused-ring (bicyclic) bond motifs is 1. The van der Waals surface area contributed by atoms with Crippen molar-refractivity contribution in [2.45, 2.75) is 13.0 Å². The van der Waals surface area contributed by atoms with Crippen LogP contribution in [-0.2, 0) is 0 Å². The molecule has 132 valence electrons. The van der Waals surface area contributed by atoms with Crippen LogP contribution in [0.3, 0.4) is 0 Å². The monoisotopic (exact) mass is 358 g/mol. The molecule has 6 nitrogen and oxygen atoms in total. The first kappa shape index (κ1) is 17.4. The first-order chi connectivity index (χ1) is 12.0. The quantitative estimate of drug-likeness (QED) is 0.736. The van der Waals surface area contributed by atoms with Gasteiger partial charge >= 0.3 is 0 Å². The van der Waals surface area contributed by atoms with Gasteiger partial charge in [-0.2, -0.15) is 0 Å². The summed E-state index contributed by atoms with van der Waals surface area (Å²) in [5.41, 5.74) is 1.56. The SMILES string of the molecule is COc1ccc(C(CNC(=O)c2cn3cc(C)sc3n2)N(C)C)cc1. The van der Waals surface area contributed by atoms with Gasteiger partial charge < -0.3 is 15.0 Å². The average Bonchev–Trinajstić information content (AvgIpc) is 3.12. The molecule has 3 aromatic rings. The number of imidazole rings is 1. The number of methoxy groups -OCH3 is 1. The second kappa shape index (κ2) is 7.25. The van der Waals surface area contributed by atoms with Crippen LogP contribution < -0.4 is 10.1 Å². The van der Waals surface area contributed by atoms with E-state index in [-0.39, 0.29) is 11.9 Å². The smallest absolute Gasteiger partial charge is 0.271 e. The standard InChI is InChI=1S/C18H22N4O2S/c1-12-10-22-11-15(20-18(22)25-12)17(23)19-9-16(21(2)3)13-5-7-14(24-4)8-6-13/h5-8,10-11,16H,9H2,1-4H3,(H,19,23). The van der Waals surface area contributed by atoms with Gasteiger partial charge in [0, 0.05) is 23.8 Å². The number of hydrogen-bond donors (Lipinski definition) is 1. The molecule has 0 saturated heterocycles. The van der Waals surface area contributed by atoms with Crippen molar-refractivity contribution in [2.75, 3.05) is 27.7 Å². The van der Waals surface area contributed by atoms with Gasteiger partial charge in [-0.15, -0.1) is 11.3 Å². The van der Waals surface area contributed by atoms with Crippen LogP contribution in [0.1, 0.15) is 27.0 Å². The van der Waals surface area contributed by atoms with Crippen LogP contribution >= 0.6 is 11.3 Å². The molecular formula is C18H22N4O2S. The summed E-state index contributed by atoms with van der Waals surface area (Å²) in [5.74, 6) is 0.660. The van der Waals surface area contributed by atoms with E-state index in [1.54, 1.807) is 24.6 Å². The molecular weight excluding hydrogens is 336 g/mol. The van der Waals surface area contributed by atoms with Crippen LogP contribution in [0.25, 0.3) is 4.96 Å². The van der Waals surface area contributed by atoms with E-state index < -0.39 is 0 Å². The van der Waals surface area contributed by atoms with Crippen LogP contribution in [0, 0.1) is 6.92 Å². The molecule has 2 heterocycles. The fourth-order valence-corrected chi connectivity index (χ4v) is 3.53. The van der Waals surface area contributed by atoms with Crippen molar-refractivity contribution in [3.8, 4) is 5.75 Å². The van der Waals surface area contributed by atoms with Gasteiger partial charge in [0.05, 0.1) is 13.2 Å². The molecule has 0 fully saturated rings. The van der Waals surface area contributed by atoms with Gasteiger partial charge in [0.25, 0.3) is 5.91 Å². The average molecular weight is 358 g/mol. The molecule has 0 radical (unpaired) electrons. The molecule has 1 unspecified atom stereocenters. The molecule has 3 rings (SSSR count). The molecule has 0 spiro atoms. The van der Waals surface area contributed by atoms with Gasteiger partial charge in [-0.25, -0.2) is 4.98 Å². The Hall–Kier alpha value is -2.38. The third kappa shape index (κ3) is 3.83. The van der Waals surface area contributed by atoms with Crippen molar-refractivity contribution in [3.05, 3.63) is 52.8 Å². The number of nitrogens with zero attached hydrogens (tertiary/aromatic N) is 3. The topological polar surface area (TPSA) is 58.9 Å². The van der Waals surface area contributed by atoms with Gasteiger partial charge in [0.15, 0.2) is 4.96 Å². The van der Waals surface area contributed by atoms with Crippen molar-refractivity contribution in [3.63, 3.8) is 0 Å². The predicted octanol–water partition coefficient (Wildman–Crippen LogP) is 2.75. The summed E-state index contributed by atoms with van der Waals surface area (Å²) in [5, 5.41) is 2.99. The molecule has 1 N–H and O–H groups in total. The number of ether oxygens (including phenoxy) is 1. The van der Waals surface area contributed by atoms with Crippen molar-refractivity contribution in [2.24, 2.45) is 0 Å². The van der Waals surface area contributed by atoms with E-state index in [2.05, 4.69) is 15.2 Å². The van der Waals surface area contributed by atoms with E-state index in [9.17, 15) is 4.79 Å². The third-order valence-electron chi connectivity index (χ3n) is 4.08. The molecule has 7 heteroatoms. The molecule has 0 bridgehead atoms. The number of aromatic nitrogens is 2. The maximum atomic E-state index is 12.4.